The van der Waals surface area contributed by atoms with Gasteiger partial charge in [-0.1, -0.05) is 103 Å². The molecule has 0 unspecified atom stereocenters. The minimum absolute atomic E-state index is 0.346. The van der Waals surface area contributed by atoms with Crippen LogP contribution in [0.15, 0.2) is 12.2 Å². The number of ether oxygens (including phenoxy) is 1. The van der Waals surface area contributed by atoms with E-state index in [1.54, 1.807) is 0 Å². The molecule has 0 saturated carbocycles. The molecule has 0 aromatic heterocycles. The van der Waals surface area contributed by atoms with E-state index in [2.05, 4.69) is 26.0 Å². The number of hydrogen-bond acceptors (Lipinski definition) is 3. The highest BCUT2D eigenvalue weighted by Gasteiger charge is 2.09. The number of hydrogen-bond donors (Lipinski definition) is 0. The molecule has 0 spiro atoms. The number of carbonyl (C=O) groups is 2. The monoisotopic (exact) mass is 408 g/mol. The van der Waals surface area contributed by atoms with E-state index in [-0.39, 0.29) is 11.9 Å². The molecular weight excluding hydrogens is 360 g/mol. The Labute approximate surface area is 181 Å². The van der Waals surface area contributed by atoms with Gasteiger partial charge in [0, 0.05) is 12.8 Å². The van der Waals surface area contributed by atoms with Crippen LogP contribution in [-0.4, -0.2) is 11.9 Å². The zero-order chi connectivity index (χ0) is 21.4. The van der Waals surface area contributed by atoms with Crippen molar-refractivity contribution in [3.63, 3.8) is 0 Å². The topological polar surface area (TPSA) is 43.4 Å². The average molecular weight is 409 g/mol. The lowest BCUT2D eigenvalue weighted by atomic mass is 10.1. The molecule has 3 heteroatoms. The van der Waals surface area contributed by atoms with Crippen molar-refractivity contribution in [1.82, 2.24) is 0 Å². The smallest absolute Gasteiger partial charge is 0.313 e. The maximum absolute atomic E-state index is 11.7. The molecule has 0 aromatic carbocycles. The zero-order valence-electron chi connectivity index (χ0n) is 19.5. The van der Waals surface area contributed by atoms with E-state index < -0.39 is 0 Å². The van der Waals surface area contributed by atoms with Crippen LogP contribution in [0.4, 0.5) is 0 Å². The fraction of sp³-hybridized carbons (Fsp3) is 0.846. The quantitative estimate of drug-likeness (QED) is 0.0828. The van der Waals surface area contributed by atoms with Crippen molar-refractivity contribution >= 4 is 11.9 Å². The molecule has 0 N–H and O–H groups in total. The summed E-state index contributed by atoms with van der Waals surface area (Å²) in [6.07, 6.45) is 26.9. The second-order valence-corrected chi connectivity index (χ2v) is 8.34. The first-order valence-electron chi connectivity index (χ1n) is 12.6. The third-order valence-corrected chi connectivity index (χ3v) is 5.35. The summed E-state index contributed by atoms with van der Waals surface area (Å²) in [6.45, 7) is 4.43. The van der Waals surface area contributed by atoms with Gasteiger partial charge in [-0.2, -0.15) is 0 Å². The van der Waals surface area contributed by atoms with Gasteiger partial charge in [0.1, 0.15) is 0 Å². The van der Waals surface area contributed by atoms with Gasteiger partial charge in [-0.25, -0.2) is 0 Å². The molecule has 0 heterocycles. The van der Waals surface area contributed by atoms with Crippen LogP contribution in [0.5, 0.6) is 0 Å². The Hall–Kier alpha value is -1.12. The fourth-order valence-corrected chi connectivity index (χ4v) is 3.44. The highest BCUT2D eigenvalue weighted by Crippen LogP contribution is 2.11. The molecule has 3 nitrogen and oxygen atoms in total. The summed E-state index contributed by atoms with van der Waals surface area (Å²) < 4.78 is 4.89. The first kappa shape index (κ1) is 27.9. The summed E-state index contributed by atoms with van der Waals surface area (Å²) in [4.78, 5) is 23.3. The van der Waals surface area contributed by atoms with Crippen LogP contribution in [0, 0.1) is 0 Å². The maximum atomic E-state index is 11.7. The zero-order valence-corrected chi connectivity index (χ0v) is 19.5. The van der Waals surface area contributed by atoms with E-state index in [4.69, 9.17) is 4.74 Å². The van der Waals surface area contributed by atoms with Crippen LogP contribution in [0.1, 0.15) is 142 Å². The molecule has 0 bridgehead atoms. The van der Waals surface area contributed by atoms with Gasteiger partial charge < -0.3 is 4.74 Å². The third-order valence-electron chi connectivity index (χ3n) is 5.35. The highest BCUT2D eigenvalue weighted by molar-refractivity contribution is 5.85. The van der Waals surface area contributed by atoms with Crippen LogP contribution in [0.2, 0.25) is 0 Å². The number of allylic oxidation sites excluding steroid dienone is 2. The summed E-state index contributed by atoms with van der Waals surface area (Å²) >= 11 is 0. The molecule has 0 rings (SSSR count). The van der Waals surface area contributed by atoms with Gasteiger partial charge in [0.2, 0.25) is 0 Å². The largest absolute Gasteiger partial charge is 0.393 e. The van der Waals surface area contributed by atoms with Crippen molar-refractivity contribution < 1.29 is 14.3 Å². The fourth-order valence-electron chi connectivity index (χ4n) is 3.44. The standard InChI is InChI=1S/C26H48O3/c1-3-5-7-9-10-11-12-13-14-15-16-17-18-20-22-24-26(28)29-25(27)23-21-19-8-6-4-2/h13-14H,3-12,15-24H2,1-2H3. The van der Waals surface area contributed by atoms with Gasteiger partial charge in [0.25, 0.3) is 0 Å². The van der Waals surface area contributed by atoms with Crippen LogP contribution >= 0.6 is 0 Å². The average Bonchev–Trinajstić information content (AvgIpc) is 2.70. The summed E-state index contributed by atoms with van der Waals surface area (Å²) in [6, 6.07) is 0. The molecule has 0 aliphatic rings. The SMILES string of the molecule is CCCCCCCCC=CCCCCCCCC(=O)OC(=O)CCCCCCC. The van der Waals surface area contributed by atoms with E-state index in [1.165, 1.54) is 77.0 Å². The molecule has 0 aliphatic heterocycles. The minimum Gasteiger partial charge on any atom is -0.393 e. The van der Waals surface area contributed by atoms with E-state index in [0.717, 1.165) is 38.5 Å². The lowest BCUT2D eigenvalue weighted by molar-refractivity contribution is -0.159. The normalized spacial score (nSPS) is 11.2. The van der Waals surface area contributed by atoms with Crippen LogP contribution < -0.4 is 0 Å². The molecule has 170 valence electrons. The second-order valence-electron chi connectivity index (χ2n) is 8.34. The van der Waals surface area contributed by atoms with Crippen molar-refractivity contribution in [2.24, 2.45) is 0 Å². The Kier molecular flexibility index (Phi) is 22.3. The van der Waals surface area contributed by atoms with Crippen molar-refractivity contribution in [3.8, 4) is 0 Å². The highest BCUT2D eigenvalue weighted by atomic mass is 16.6. The molecule has 0 aliphatic carbocycles. The summed E-state index contributed by atoms with van der Waals surface area (Å²) in [5.74, 6) is -0.694. The van der Waals surface area contributed by atoms with E-state index >= 15 is 0 Å². The summed E-state index contributed by atoms with van der Waals surface area (Å²) in [5.41, 5.74) is 0. The predicted octanol–water partition coefficient (Wildman–Crippen LogP) is 8.45. The maximum Gasteiger partial charge on any atom is 0.313 e. The van der Waals surface area contributed by atoms with Gasteiger partial charge >= 0.3 is 11.9 Å². The molecule has 0 aromatic rings. The van der Waals surface area contributed by atoms with Gasteiger partial charge in [0.15, 0.2) is 0 Å². The van der Waals surface area contributed by atoms with E-state index in [9.17, 15) is 9.59 Å². The van der Waals surface area contributed by atoms with E-state index in [1.807, 2.05) is 0 Å². The summed E-state index contributed by atoms with van der Waals surface area (Å²) in [7, 11) is 0. The third kappa shape index (κ3) is 23.0. The first-order valence-corrected chi connectivity index (χ1v) is 12.6. The Morgan fingerprint density at radius 1 is 0.517 bits per heavy atom. The van der Waals surface area contributed by atoms with E-state index in [0.29, 0.717) is 12.8 Å². The van der Waals surface area contributed by atoms with Crippen LogP contribution in [0.25, 0.3) is 0 Å². The number of carbonyl (C=O) groups excluding carboxylic acids is 2. The van der Waals surface area contributed by atoms with Gasteiger partial charge in [-0.3, -0.25) is 9.59 Å². The Morgan fingerprint density at radius 3 is 1.28 bits per heavy atom. The lowest BCUT2D eigenvalue weighted by Gasteiger charge is -2.03. The van der Waals surface area contributed by atoms with Crippen LogP contribution in [0.3, 0.4) is 0 Å². The molecule has 0 radical (unpaired) electrons. The number of unbranched alkanes of at least 4 members (excludes halogenated alkanes) is 15. The predicted molar refractivity (Wildman–Crippen MR) is 124 cm³/mol. The summed E-state index contributed by atoms with van der Waals surface area (Å²) in [5, 5.41) is 0. The molecule has 0 fully saturated rings. The molecule has 29 heavy (non-hydrogen) atoms. The lowest BCUT2D eigenvalue weighted by Crippen LogP contribution is -2.11. The van der Waals surface area contributed by atoms with Crippen molar-refractivity contribution in [1.29, 1.82) is 0 Å². The van der Waals surface area contributed by atoms with Crippen LogP contribution in [-0.2, 0) is 14.3 Å². The Bertz CT molecular complexity index is 401. The molecular formula is C26H48O3. The second kappa shape index (κ2) is 23.2. The van der Waals surface area contributed by atoms with Gasteiger partial charge in [0.05, 0.1) is 0 Å². The molecule has 0 saturated heterocycles. The number of esters is 2. The number of rotatable bonds is 21. The van der Waals surface area contributed by atoms with Gasteiger partial charge in [-0.05, 0) is 38.5 Å². The van der Waals surface area contributed by atoms with Crippen molar-refractivity contribution in [3.05, 3.63) is 12.2 Å². The molecule has 0 amide bonds. The van der Waals surface area contributed by atoms with Crippen molar-refractivity contribution in [2.45, 2.75) is 142 Å². The van der Waals surface area contributed by atoms with Crippen molar-refractivity contribution in [2.75, 3.05) is 0 Å². The Morgan fingerprint density at radius 2 is 0.862 bits per heavy atom. The minimum atomic E-state index is -0.348. The first-order chi connectivity index (χ1) is 14.2. The molecule has 0 atom stereocenters. The Balaban J connectivity index is 3.33. The van der Waals surface area contributed by atoms with Gasteiger partial charge in [-0.15, -0.1) is 0 Å².